The Morgan fingerprint density at radius 3 is 2.79 bits per heavy atom. The molecule has 0 bridgehead atoms. The maximum atomic E-state index is 8.45. The quantitative estimate of drug-likeness (QED) is 0.904. The van der Waals surface area contributed by atoms with Gasteiger partial charge in [-0.2, -0.15) is 5.26 Å². The summed E-state index contributed by atoms with van der Waals surface area (Å²) in [6, 6.07) is 10.1. The van der Waals surface area contributed by atoms with E-state index in [0.717, 1.165) is 30.9 Å². The maximum absolute atomic E-state index is 8.45. The lowest BCUT2D eigenvalue weighted by atomic mass is 9.94. The highest BCUT2D eigenvalue weighted by atomic mass is 16.5. The fourth-order valence-corrected chi connectivity index (χ4v) is 2.35. The van der Waals surface area contributed by atoms with Crippen LogP contribution in [0.4, 0.5) is 5.69 Å². The SMILES string of the molecule is CC1(C)CC(Nc2ccc(OCC#N)cc2)CCO1. The Morgan fingerprint density at radius 1 is 1.42 bits per heavy atom. The van der Waals surface area contributed by atoms with Crippen molar-refractivity contribution in [2.75, 3.05) is 18.5 Å². The molecule has 1 unspecified atom stereocenters. The molecule has 102 valence electrons. The van der Waals surface area contributed by atoms with E-state index >= 15 is 0 Å². The molecule has 0 aromatic heterocycles. The summed E-state index contributed by atoms with van der Waals surface area (Å²) in [5.41, 5.74) is 1.03. The summed E-state index contributed by atoms with van der Waals surface area (Å²) in [4.78, 5) is 0. The van der Waals surface area contributed by atoms with Crippen LogP contribution in [-0.2, 0) is 4.74 Å². The predicted octanol–water partition coefficient (Wildman–Crippen LogP) is 2.96. The predicted molar refractivity (Wildman–Crippen MR) is 74.2 cm³/mol. The first-order valence-corrected chi connectivity index (χ1v) is 6.59. The third-order valence-corrected chi connectivity index (χ3v) is 3.23. The third kappa shape index (κ3) is 4.15. The van der Waals surface area contributed by atoms with Gasteiger partial charge in [-0.05, 0) is 51.0 Å². The molecule has 1 atom stereocenters. The number of benzene rings is 1. The number of nitriles is 1. The molecule has 1 aliphatic heterocycles. The van der Waals surface area contributed by atoms with Crippen LogP contribution in [0.5, 0.6) is 5.75 Å². The van der Waals surface area contributed by atoms with Crippen molar-refractivity contribution in [1.29, 1.82) is 5.26 Å². The lowest BCUT2D eigenvalue weighted by Crippen LogP contribution is -2.40. The summed E-state index contributed by atoms with van der Waals surface area (Å²) >= 11 is 0. The Hall–Kier alpha value is -1.73. The zero-order chi connectivity index (χ0) is 13.7. The van der Waals surface area contributed by atoms with E-state index in [1.807, 2.05) is 30.3 Å². The molecule has 19 heavy (non-hydrogen) atoms. The van der Waals surface area contributed by atoms with Crippen molar-refractivity contribution in [3.05, 3.63) is 24.3 Å². The zero-order valence-electron chi connectivity index (χ0n) is 11.5. The summed E-state index contributed by atoms with van der Waals surface area (Å²) < 4.78 is 10.9. The van der Waals surface area contributed by atoms with Crippen LogP contribution >= 0.6 is 0 Å². The number of anilines is 1. The minimum Gasteiger partial charge on any atom is -0.479 e. The summed E-state index contributed by atoms with van der Waals surface area (Å²) in [7, 11) is 0. The standard InChI is InChI=1S/C15H20N2O2/c1-15(2)11-13(7-9-19-15)17-12-3-5-14(6-4-12)18-10-8-16/h3-6,13,17H,7,9-11H2,1-2H3. The van der Waals surface area contributed by atoms with Gasteiger partial charge in [0.1, 0.15) is 11.8 Å². The van der Waals surface area contributed by atoms with Gasteiger partial charge in [-0.3, -0.25) is 0 Å². The fraction of sp³-hybridized carbons (Fsp3) is 0.533. The number of hydrogen-bond donors (Lipinski definition) is 1. The highest BCUT2D eigenvalue weighted by Crippen LogP contribution is 2.26. The minimum atomic E-state index is -0.0498. The average Bonchev–Trinajstić information content (AvgIpc) is 2.37. The molecule has 0 radical (unpaired) electrons. The monoisotopic (exact) mass is 260 g/mol. The lowest BCUT2D eigenvalue weighted by Gasteiger charge is -2.36. The first-order chi connectivity index (χ1) is 9.09. The highest BCUT2D eigenvalue weighted by molar-refractivity contribution is 5.47. The van der Waals surface area contributed by atoms with Crippen molar-refractivity contribution < 1.29 is 9.47 Å². The van der Waals surface area contributed by atoms with Gasteiger partial charge < -0.3 is 14.8 Å². The molecule has 4 heteroatoms. The molecule has 1 aromatic carbocycles. The molecule has 1 fully saturated rings. The number of ether oxygens (including phenoxy) is 2. The second kappa shape index (κ2) is 5.94. The first kappa shape index (κ1) is 13.7. The van der Waals surface area contributed by atoms with Gasteiger partial charge in [0.15, 0.2) is 6.61 Å². The molecule has 0 amide bonds. The molecule has 4 nitrogen and oxygen atoms in total. The van der Waals surface area contributed by atoms with Gasteiger partial charge in [0.25, 0.3) is 0 Å². The van der Waals surface area contributed by atoms with E-state index in [-0.39, 0.29) is 12.2 Å². The van der Waals surface area contributed by atoms with Gasteiger partial charge in [-0.1, -0.05) is 0 Å². The van der Waals surface area contributed by atoms with Crippen LogP contribution in [-0.4, -0.2) is 24.9 Å². The zero-order valence-corrected chi connectivity index (χ0v) is 11.5. The maximum Gasteiger partial charge on any atom is 0.174 e. The summed E-state index contributed by atoms with van der Waals surface area (Å²) in [5, 5.41) is 12.0. The first-order valence-electron chi connectivity index (χ1n) is 6.59. The molecule has 1 aromatic rings. The Morgan fingerprint density at radius 2 is 2.16 bits per heavy atom. The molecule has 1 N–H and O–H groups in total. The van der Waals surface area contributed by atoms with Gasteiger partial charge in [0.2, 0.25) is 0 Å². The summed E-state index contributed by atoms with van der Waals surface area (Å²) in [6.07, 6.45) is 2.02. The van der Waals surface area contributed by atoms with Gasteiger partial charge in [0, 0.05) is 18.3 Å². The van der Waals surface area contributed by atoms with Crippen LogP contribution in [0.3, 0.4) is 0 Å². The van der Waals surface area contributed by atoms with Gasteiger partial charge in [-0.25, -0.2) is 0 Å². The van der Waals surface area contributed by atoms with Gasteiger partial charge in [0.05, 0.1) is 5.60 Å². The van der Waals surface area contributed by atoms with Crippen molar-refractivity contribution in [3.8, 4) is 11.8 Å². The topological polar surface area (TPSA) is 54.3 Å². The Bertz CT molecular complexity index is 448. The average molecular weight is 260 g/mol. The van der Waals surface area contributed by atoms with E-state index in [2.05, 4.69) is 19.2 Å². The molecule has 0 aliphatic carbocycles. The summed E-state index contributed by atoms with van der Waals surface area (Å²) in [6.45, 7) is 5.13. The molecule has 1 heterocycles. The van der Waals surface area contributed by atoms with Crippen molar-refractivity contribution in [2.45, 2.75) is 38.3 Å². The van der Waals surface area contributed by atoms with E-state index in [4.69, 9.17) is 14.7 Å². The van der Waals surface area contributed by atoms with Crippen molar-refractivity contribution in [3.63, 3.8) is 0 Å². The second-order valence-electron chi connectivity index (χ2n) is 5.41. The number of hydrogen-bond acceptors (Lipinski definition) is 4. The van der Waals surface area contributed by atoms with Crippen molar-refractivity contribution in [2.24, 2.45) is 0 Å². The Labute approximate surface area is 114 Å². The molecule has 0 saturated carbocycles. The molecule has 2 rings (SSSR count). The number of nitrogens with one attached hydrogen (secondary N) is 1. The number of rotatable bonds is 4. The van der Waals surface area contributed by atoms with E-state index in [0.29, 0.717) is 6.04 Å². The Balaban J connectivity index is 1.90. The second-order valence-corrected chi connectivity index (χ2v) is 5.41. The highest BCUT2D eigenvalue weighted by Gasteiger charge is 2.28. The van der Waals surface area contributed by atoms with Crippen LogP contribution in [0, 0.1) is 11.3 Å². The summed E-state index contributed by atoms with van der Waals surface area (Å²) in [5.74, 6) is 0.722. The van der Waals surface area contributed by atoms with Crippen LogP contribution in [0.2, 0.25) is 0 Å². The fourth-order valence-electron chi connectivity index (χ4n) is 2.35. The van der Waals surface area contributed by atoms with E-state index in [9.17, 15) is 0 Å². The molecule has 1 aliphatic rings. The van der Waals surface area contributed by atoms with Crippen LogP contribution in [0.1, 0.15) is 26.7 Å². The van der Waals surface area contributed by atoms with E-state index in [1.54, 1.807) is 0 Å². The van der Waals surface area contributed by atoms with E-state index < -0.39 is 0 Å². The van der Waals surface area contributed by atoms with Gasteiger partial charge in [-0.15, -0.1) is 0 Å². The number of nitrogens with zero attached hydrogens (tertiary/aromatic N) is 1. The van der Waals surface area contributed by atoms with Gasteiger partial charge >= 0.3 is 0 Å². The largest absolute Gasteiger partial charge is 0.479 e. The normalized spacial score (nSPS) is 21.4. The van der Waals surface area contributed by atoms with Crippen molar-refractivity contribution in [1.82, 2.24) is 0 Å². The third-order valence-electron chi connectivity index (χ3n) is 3.23. The smallest absolute Gasteiger partial charge is 0.174 e. The minimum absolute atomic E-state index is 0.0498. The van der Waals surface area contributed by atoms with Crippen LogP contribution in [0.15, 0.2) is 24.3 Å². The van der Waals surface area contributed by atoms with Crippen LogP contribution in [0.25, 0.3) is 0 Å². The van der Waals surface area contributed by atoms with E-state index in [1.165, 1.54) is 0 Å². The molecule has 1 saturated heterocycles. The lowest BCUT2D eigenvalue weighted by molar-refractivity contribution is -0.0553. The molecular formula is C15H20N2O2. The molecule has 0 spiro atoms. The molecular weight excluding hydrogens is 240 g/mol. The van der Waals surface area contributed by atoms with Crippen molar-refractivity contribution >= 4 is 5.69 Å². The Kier molecular flexibility index (Phi) is 4.28. The van der Waals surface area contributed by atoms with Crippen LogP contribution < -0.4 is 10.1 Å².